The van der Waals surface area contributed by atoms with Gasteiger partial charge < -0.3 is 14.2 Å². The lowest BCUT2D eigenvalue weighted by Crippen LogP contribution is -2.45. The second-order valence-corrected chi connectivity index (χ2v) is 8.72. The number of carbonyl (C=O) groups is 2. The summed E-state index contributed by atoms with van der Waals surface area (Å²) >= 11 is 0. The van der Waals surface area contributed by atoms with Crippen LogP contribution in [0.3, 0.4) is 0 Å². The minimum absolute atomic E-state index is 0.154. The molecule has 1 aliphatic rings. The SMILES string of the molecule is CCC1CCCCN1C(=O)COC(=O)c1c(-c2ccc(C)cc2)c2ccccc2c(=O)n1C. The van der Waals surface area contributed by atoms with E-state index in [4.69, 9.17) is 4.74 Å². The lowest BCUT2D eigenvalue weighted by atomic mass is 9.96. The second kappa shape index (κ2) is 9.61. The van der Waals surface area contributed by atoms with Crippen LogP contribution in [0.25, 0.3) is 21.9 Å². The van der Waals surface area contributed by atoms with E-state index in [1.54, 1.807) is 13.1 Å². The zero-order valence-corrected chi connectivity index (χ0v) is 19.5. The van der Waals surface area contributed by atoms with Crippen LogP contribution in [0.1, 0.15) is 48.7 Å². The van der Waals surface area contributed by atoms with E-state index in [0.717, 1.165) is 36.8 Å². The first kappa shape index (κ1) is 22.8. The molecule has 1 aromatic heterocycles. The number of rotatable bonds is 5. The molecule has 1 saturated heterocycles. The Morgan fingerprint density at radius 1 is 1.03 bits per heavy atom. The quantitative estimate of drug-likeness (QED) is 0.543. The number of likely N-dealkylation sites (tertiary alicyclic amines) is 1. The maximum absolute atomic E-state index is 13.3. The van der Waals surface area contributed by atoms with Crippen molar-refractivity contribution in [3.05, 3.63) is 70.1 Å². The number of nitrogens with zero attached hydrogens (tertiary/aromatic N) is 2. The van der Waals surface area contributed by atoms with Gasteiger partial charge in [0.1, 0.15) is 5.69 Å². The Bertz CT molecular complexity index is 1240. The third-order valence-electron chi connectivity index (χ3n) is 6.58. The van der Waals surface area contributed by atoms with Gasteiger partial charge in [0.15, 0.2) is 6.61 Å². The molecule has 6 heteroatoms. The number of fused-ring (bicyclic) bond motifs is 1. The Morgan fingerprint density at radius 3 is 2.42 bits per heavy atom. The van der Waals surface area contributed by atoms with Crippen molar-refractivity contribution >= 4 is 22.6 Å². The van der Waals surface area contributed by atoms with Gasteiger partial charge in [-0.2, -0.15) is 0 Å². The van der Waals surface area contributed by atoms with Crippen molar-refractivity contribution in [1.82, 2.24) is 9.47 Å². The number of hydrogen-bond acceptors (Lipinski definition) is 4. The molecular weight excluding hydrogens is 416 g/mol. The van der Waals surface area contributed by atoms with Crippen molar-refractivity contribution in [3.8, 4) is 11.1 Å². The van der Waals surface area contributed by atoms with E-state index in [9.17, 15) is 14.4 Å². The Kier molecular flexibility index (Phi) is 6.63. The van der Waals surface area contributed by atoms with Crippen LogP contribution in [0.4, 0.5) is 0 Å². The summed E-state index contributed by atoms with van der Waals surface area (Å²) in [6.07, 6.45) is 3.94. The van der Waals surface area contributed by atoms with E-state index >= 15 is 0 Å². The first-order valence-electron chi connectivity index (χ1n) is 11.6. The molecular formula is C27H30N2O4. The predicted molar refractivity (Wildman–Crippen MR) is 129 cm³/mol. The highest BCUT2D eigenvalue weighted by Gasteiger charge is 2.28. The molecule has 0 spiro atoms. The molecule has 6 nitrogen and oxygen atoms in total. The zero-order chi connectivity index (χ0) is 23.5. The van der Waals surface area contributed by atoms with Crippen molar-refractivity contribution in [1.29, 1.82) is 0 Å². The van der Waals surface area contributed by atoms with Crippen LogP contribution in [0, 0.1) is 6.92 Å². The molecule has 2 heterocycles. The molecule has 33 heavy (non-hydrogen) atoms. The smallest absolute Gasteiger partial charge is 0.356 e. The molecule has 1 atom stereocenters. The maximum atomic E-state index is 13.3. The van der Waals surface area contributed by atoms with Gasteiger partial charge >= 0.3 is 5.97 Å². The van der Waals surface area contributed by atoms with Crippen LogP contribution < -0.4 is 5.56 Å². The van der Waals surface area contributed by atoms with Crippen LogP contribution in [-0.4, -0.2) is 40.5 Å². The Hall–Kier alpha value is -3.41. The molecule has 0 N–H and O–H groups in total. The zero-order valence-electron chi connectivity index (χ0n) is 19.5. The Morgan fingerprint density at radius 2 is 1.73 bits per heavy atom. The fourth-order valence-electron chi connectivity index (χ4n) is 4.75. The van der Waals surface area contributed by atoms with Gasteiger partial charge in [0.05, 0.1) is 0 Å². The minimum Gasteiger partial charge on any atom is -0.451 e. The number of amides is 1. The summed E-state index contributed by atoms with van der Waals surface area (Å²) in [5.74, 6) is -0.855. The summed E-state index contributed by atoms with van der Waals surface area (Å²) in [5, 5.41) is 1.21. The number of benzene rings is 2. The molecule has 1 unspecified atom stereocenters. The van der Waals surface area contributed by atoms with Crippen molar-refractivity contribution in [3.63, 3.8) is 0 Å². The molecule has 1 aliphatic heterocycles. The number of carbonyl (C=O) groups excluding carboxylic acids is 2. The van der Waals surface area contributed by atoms with Crippen molar-refractivity contribution in [2.45, 2.75) is 45.6 Å². The van der Waals surface area contributed by atoms with Gasteiger partial charge in [-0.25, -0.2) is 4.79 Å². The van der Waals surface area contributed by atoms with Gasteiger partial charge in [-0.3, -0.25) is 9.59 Å². The van der Waals surface area contributed by atoms with Crippen LogP contribution >= 0.6 is 0 Å². The number of ether oxygens (including phenoxy) is 1. The van der Waals surface area contributed by atoms with Gasteiger partial charge in [-0.05, 0) is 49.6 Å². The van der Waals surface area contributed by atoms with Crippen molar-refractivity contribution in [2.75, 3.05) is 13.2 Å². The predicted octanol–water partition coefficient (Wildman–Crippen LogP) is 4.46. The fourth-order valence-corrected chi connectivity index (χ4v) is 4.75. The molecule has 1 amide bonds. The number of esters is 1. The molecule has 4 rings (SSSR count). The molecule has 1 fully saturated rings. The van der Waals surface area contributed by atoms with E-state index in [0.29, 0.717) is 22.9 Å². The van der Waals surface area contributed by atoms with Crippen molar-refractivity contribution in [2.24, 2.45) is 7.05 Å². The number of pyridine rings is 1. The summed E-state index contributed by atoms with van der Waals surface area (Å²) in [6.45, 7) is 4.43. The third-order valence-corrected chi connectivity index (χ3v) is 6.58. The molecule has 0 bridgehead atoms. The molecule has 3 aromatic rings. The van der Waals surface area contributed by atoms with E-state index in [1.807, 2.05) is 54.3 Å². The third kappa shape index (κ3) is 4.42. The molecule has 0 aliphatic carbocycles. The fraction of sp³-hybridized carbons (Fsp3) is 0.370. The number of aryl methyl sites for hydroxylation is 1. The first-order chi connectivity index (χ1) is 15.9. The second-order valence-electron chi connectivity index (χ2n) is 8.72. The average Bonchev–Trinajstić information content (AvgIpc) is 2.85. The van der Waals surface area contributed by atoms with Crippen LogP contribution in [-0.2, 0) is 16.6 Å². The summed E-state index contributed by atoms with van der Waals surface area (Å²) in [4.78, 5) is 41.0. The largest absolute Gasteiger partial charge is 0.451 e. The first-order valence-corrected chi connectivity index (χ1v) is 11.6. The molecule has 0 radical (unpaired) electrons. The van der Waals surface area contributed by atoms with Gasteiger partial charge in [0.2, 0.25) is 0 Å². The van der Waals surface area contributed by atoms with Gasteiger partial charge in [-0.1, -0.05) is 55.0 Å². The highest BCUT2D eigenvalue weighted by Crippen LogP contribution is 2.31. The standard InChI is InChI=1S/C27H30N2O4/c1-4-20-9-7-8-16-29(20)23(30)17-33-27(32)25-24(19-14-12-18(2)13-15-19)21-10-5-6-11-22(21)26(31)28(25)3/h5-6,10-15,20H,4,7-9,16-17H2,1-3H3. The van der Waals surface area contributed by atoms with E-state index in [-0.39, 0.29) is 29.8 Å². The summed E-state index contributed by atoms with van der Waals surface area (Å²) in [5.41, 5.74) is 2.42. The molecule has 2 aromatic carbocycles. The number of hydrogen-bond donors (Lipinski definition) is 0. The van der Waals surface area contributed by atoms with E-state index in [2.05, 4.69) is 6.92 Å². The van der Waals surface area contributed by atoms with E-state index in [1.165, 1.54) is 4.57 Å². The highest BCUT2D eigenvalue weighted by atomic mass is 16.5. The Labute approximate surface area is 193 Å². The van der Waals surface area contributed by atoms with Crippen LogP contribution in [0.5, 0.6) is 0 Å². The highest BCUT2D eigenvalue weighted by molar-refractivity contribution is 6.07. The number of aromatic nitrogens is 1. The average molecular weight is 447 g/mol. The van der Waals surface area contributed by atoms with Crippen LogP contribution in [0.2, 0.25) is 0 Å². The number of piperidine rings is 1. The van der Waals surface area contributed by atoms with Crippen LogP contribution in [0.15, 0.2) is 53.3 Å². The van der Waals surface area contributed by atoms with Gasteiger partial charge in [0, 0.05) is 30.6 Å². The van der Waals surface area contributed by atoms with E-state index < -0.39 is 5.97 Å². The lowest BCUT2D eigenvalue weighted by Gasteiger charge is -2.35. The molecule has 172 valence electrons. The summed E-state index contributed by atoms with van der Waals surface area (Å²) in [7, 11) is 1.57. The summed E-state index contributed by atoms with van der Waals surface area (Å²) in [6, 6.07) is 15.2. The Balaban J connectivity index is 1.72. The molecule has 0 saturated carbocycles. The lowest BCUT2D eigenvalue weighted by molar-refractivity contribution is -0.138. The van der Waals surface area contributed by atoms with Crippen molar-refractivity contribution < 1.29 is 14.3 Å². The van der Waals surface area contributed by atoms with Gasteiger partial charge in [-0.15, -0.1) is 0 Å². The monoisotopic (exact) mass is 446 g/mol. The topological polar surface area (TPSA) is 68.6 Å². The minimum atomic E-state index is -0.672. The van der Waals surface area contributed by atoms with Gasteiger partial charge in [0.25, 0.3) is 11.5 Å². The maximum Gasteiger partial charge on any atom is 0.356 e. The normalized spacial score (nSPS) is 16.1. The summed E-state index contributed by atoms with van der Waals surface area (Å²) < 4.78 is 6.85.